The van der Waals surface area contributed by atoms with Gasteiger partial charge < -0.3 is 5.43 Å². The number of benzene rings is 1. The number of aliphatic imine (C=N–C) groups is 1. The highest BCUT2D eigenvalue weighted by molar-refractivity contribution is 5.87. The van der Waals surface area contributed by atoms with E-state index in [2.05, 4.69) is 16.5 Å². The normalized spacial score (nSPS) is 13.7. The molecule has 0 saturated heterocycles. The number of amidine groups is 1. The molecule has 0 bridgehead atoms. The quantitative estimate of drug-likeness (QED) is 0.528. The van der Waals surface area contributed by atoms with Gasteiger partial charge in [-0.05, 0) is 17.5 Å². The van der Waals surface area contributed by atoms with E-state index in [1.54, 1.807) is 0 Å². The Kier molecular flexibility index (Phi) is 2.66. The first kappa shape index (κ1) is 9.69. The second kappa shape index (κ2) is 4.11. The fourth-order valence-corrected chi connectivity index (χ4v) is 1.77. The van der Waals surface area contributed by atoms with E-state index in [1.807, 2.05) is 18.2 Å². The van der Waals surface area contributed by atoms with Gasteiger partial charge in [-0.2, -0.15) is 5.26 Å². The smallest absolute Gasteiger partial charge is 0.117 e. The van der Waals surface area contributed by atoms with Crippen LogP contribution in [-0.4, -0.2) is 5.84 Å². The van der Waals surface area contributed by atoms with Crippen LogP contribution in [0.1, 0.15) is 17.5 Å². The van der Waals surface area contributed by atoms with Crippen LogP contribution in [0.4, 0.5) is 5.69 Å². The van der Waals surface area contributed by atoms with Crippen molar-refractivity contribution in [3.05, 3.63) is 29.3 Å². The fraction of sp³-hybridized carbons (Fsp3) is 0.273. The molecule has 4 heteroatoms. The standard InChI is InChI=1S/C11H12N4/c12-7-6-9-3-1-2-8-4-5-10(15-13)14-11(8)9/h1-3H,4-6,13H2,(H,14,15). The van der Waals surface area contributed by atoms with Crippen molar-refractivity contribution < 1.29 is 0 Å². The minimum atomic E-state index is 0.393. The van der Waals surface area contributed by atoms with E-state index in [9.17, 15) is 0 Å². The highest BCUT2D eigenvalue weighted by Crippen LogP contribution is 2.29. The Hall–Kier alpha value is -1.86. The van der Waals surface area contributed by atoms with Crippen LogP contribution >= 0.6 is 0 Å². The number of fused-ring (bicyclic) bond motifs is 1. The van der Waals surface area contributed by atoms with Gasteiger partial charge in [-0.3, -0.25) is 0 Å². The number of nitriles is 1. The molecule has 2 rings (SSSR count). The summed E-state index contributed by atoms with van der Waals surface area (Å²) in [6.45, 7) is 0. The molecule has 1 heterocycles. The summed E-state index contributed by atoms with van der Waals surface area (Å²) in [6.07, 6.45) is 2.15. The summed E-state index contributed by atoms with van der Waals surface area (Å²) in [4.78, 5) is 4.41. The van der Waals surface area contributed by atoms with E-state index in [4.69, 9.17) is 11.1 Å². The van der Waals surface area contributed by atoms with Crippen molar-refractivity contribution >= 4 is 11.5 Å². The van der Waals surface area contributed by atoms with Gasteiger partial charge in [0.1, 0.15) is 5.84 Å². The molecule has 0 aliphatic carbocycles. The van der Waals surface area contributed by atoms with Gasteiger partial charge in [0.2, 0.25) is 0 Å². The lowest BCUT2D eigenvalue weighted by molar-refractivity contribution is 0.903. The Morgan fingerprint density at radius 1 is 1.47 bits per heavy atom. The number of rotatable bonds is 1. The van der Waals surface area contributed by atoms with Crippen LogP contribution in [0.2, 0.25) is 0 Å². The zero-order valence-corrected chi connectivity index (χ0v) is 8.33. The SMILES string of the molecule is N#CCc1cccc2c1N=C(NN)CC2. The molecule has 0 radical (unpaired) electrons. The Bertz CT molecular complexity index is 442. The first-order valence-corrected chi connectivity index (χ1v) is 4.87. The summed E-state index contributed by atoms with van der Waals surface area (Å²) in [7, 11) is 0. The summed E-state index contributed by atoms with van der Waals surface area (Å²) >= 11 is 0. The molecule has 76 valence electrons. The van der Waals surface area contributed by atoms with Gasteiger partial charge in [-0.15, -0.1) is 0 Å². The molecule has 3 N–H and O–H groups in total. The van der Waals surface area contributed by atoms with Gasteiger partial charge in [0, 0.05) is 6.42 Å². The first-order chi connectivity index (χ1) is 7.35. The summed E-state index contributed by atoms with van der Waals surface area (Å²) in [5, 5.41) is 8.71. The largest absolute Gasteiger partial charge is 0.312 e. The van der Waals surface area contributed by atoms with Crippen LogP contribution < -0.4 is 11.3 Å². The summed E-state index contributed by atoms with van der Waals surface area (Å²) < 4.78 is 0. The molecule has 1 aliphatic rings. The van der Waals surface area contributed by atoms with E-state index in [-0.39, 0.29) is 0 Å². The van der Waals surface area contributed by atoms with Crippen LogP contribution in [0.25, 0.3) is 0 Å². The summed E-state index contributed by atoms with van der Waals surface area (Å²) in [6, 6.07) is 8.10. The van der Waals surface area contributed by atoms with Crippen LogP contribution in [0.15, 0.2) is 23.2 Å². The molecule has 4 nitrogen and oxygen atoms in total. The van der Waals surface area contributed by atoms with Crippen molar-refractivity contribution in [2.24, 2.45) is 10.8 Å². The minimum absolute atomic E-state index is 0.393. The maximum absolute atomic E-state index is 8.71. The molecule has 0 unspecified atom stereocenters. The van der Waals surface area contributed by atoms with Crippen molar-refractivity contribution in [3.8, 4) is 6.07 Å². The molecule has 1 aromatic rings. The topological polar surface area (TPSA) is 74.2 Å². The molecule has 0 aromatic heterocycles. The van der Waals surface area contributed by atoms with Crippen molar-refractivity contribution in [1.29, 1.82) is 5.26 Å². The Morgan fingerprint density at radius 2 is 2.33 bits per heavy atom. The lowest BCUT2D eigenvalue weighted by Gasteiger charge is -2.16. The Balaban J connectivity index is 2.47. The van der Waals surface area contributed by atoms with Crippen molar-refractivity contribution in [2.75, 3.05) is 0 Å². The molecule has 0 spiro atoms. The maximum Gasteiger partial charge on any atom is 0.117 e. The molecule has 1 aliphatic heterocycles. The van der Waals surface area contributed by atoms with E-state index in [0.717, 1.165) is 29.9 Å². The summed E-state index contributed by atoms with van der Waals surface area (Å²) in [5.74, 6) is 6.12. The number of hydrogen-bond donors (Lipinski definition) is 2. The van der Waals surface area contributed by atoms with E-state index in [1.165, 1.54) is 5.56 Å². The monoisotopic (exact) mass is 200 g/mol. The number of aryl methyl sites for hydroxylation is 1. The third-order valence-electron chi connectivity index (χ3n) is 2.52. The number of nitrogens with zero attached hydrogens (tertiary/aromatic N) is 2. The number of hydrazine groups is 1. The molecule has 0 atom stereocenters. The molecule has 15 heavy (non-hydrogen) atoms. The number of nitrogens with one attached hydrogen (secondary N) is 1. The average molecular weight is 200 g/mol. The van der Waals surface area contributed by atoms with Crippen molar-refractivity contribution in [1.82, 2.24) is 5.43 Å². The summed E-state index contributed by atoms with van der Waals surface area (Å²) in [5.41, 5.74) is 5.67. The predicted molar refractivity (Wildman–Crippen MR) is 58.5 cm³/mol. The van der Waals surface area contributed by atoms with Crippen LogP contribution in [0.3, 0.4) is 0 Å². The predicted octanol–water partition coefficient (Wildman–Crippen LogP) is 1.19. The molecule has 0 fully saturated rings. The molecular weight excluding hydrogens is 188 g/mol. The molecule has 1 aromatic carbocycles. The number of nitrogens with two attached hydrogens (primary N) is 1. The van der Waals surface area contributed by atoms with E-state index in [0.29, 0.717) is 6.42 Å². The third kappa shape index (κ3) is 1.83. The number of para-hydroxylation sites is 1. The highest BCUT2D eigenvalue weighted by atomic mass is 15.3. The third-order valence-corrected chi connectivity index (χ3v) is 2.52. The van der Waals surface area contributed by atoms with Gasteiger partial charge in [-0.1, -0.05) is 18.2 Å². The molecule has 0 amide bonds. The minimum Gasteiger partial charge on any atom is -0.312 e. The van der Waals surface area contributed by atoms with Crippen LogP contribution in [0.5, 0.6) is 0 Å². The fourth-order valence-electron chi connectivity index (χ4n) is 1.77. The van der Waals surface area contributed by atoms with Crippen LogP contribution in [-0.2, 0) is 12.8 Å². The molecular formula is C11H12N4. The Morgan fingerprint density at radius 3 is 3.07 bits per heavy atom. The lowest BCUT2D eigenvalue weighted by atomic mass is 9.99. The molecule has 0 saturated carbocycles. The second-order valence-electron chi connectivity index (χ2n) is 3.46. The average Bonchev–Trinajstić information content (AvgIpc) is 2.29. The van der Waals surface area contributed by atoms with Crippen molar-refractivity contribution in [3.63, 3.8) is 0 Å². The zero-order valence-electron chi connectivity index (χ0n) is 8.33. The van der Waals surface area contributed by atoms with Gasteiger partial charge in [-0.25, -0.2) is 10.8 Å². The van der Waals surface area contributed by atoms with Gasteiger partial charge in [0.25, 0.3) is 0 Å². The lowest BCUT2D eigenvalue weighted by Crippen LogP contribution is -2.31. The van der Waals surface area contributed by atoms with Gasteiger partial charge in [0.05, 0.1) is 18.2 Å². The first-order valence-electron chi connectivity index (χ1n) is 4.87. The van der Waals surface area contributed by atoms with Crippen molar-refractivity contribution in [2.45, 2.75) is 19.3 Å². The number of hydrogen-bond acceptors (Lipinski definition) is 4. The zero-order chi connectivity index (χ0) is 10.7. The van der Waals surface area contributed by atoms with Crippen LogP contribution in [0, 0.1) is 11.3 Å². The van der Waals surface area contributed by atoms with Gasteiger partial charge >= 0.3 is 0 Å². The van der Waals surface area contributed by atoms with E-state index < -0.39 is 0 Å². The Labute approximate surface area is 88.4 Å². The van der Waals surface area contributed by atoms with Gasteiger partial charge in [0.15, 0.2) is 0 Å². The highest BCUT2D eigenvalue weighted by Gasteiger charge is 2.13. The maximum atomic E-state index is 8.71. The second-order valence-corrected chi connectivity index (χ2v) is 3.46. The van der Waals surface area contributed by atoms with E-state index >= 15 is 0 Å².